The van der Waals surface area contributed by atoms with Gasteiger partial charge in [-0.3, -0.25) is 4.90 Å². The topological polar surface area (TPSA) is 58.8 Å². The number of nitrogens with zero attached hydrogens (tertiary/aromatic N) is 3. The van der Waals surface area contributed by atoms with Gasteiger partial charge in [-0.1, -0.05) is 78.9 Å². The summed E-state index contributed by atoms with van der Waals surface area (Å²) in [5, 5.41) is 3.33. The molecule has 0 unspecified atom stereocenters. The molecule has 6 nitrogen and oxygen atoms in total. The zero-order valence-corrected chi connectivity index (χ0v) is 22.6. The van der Waals surface area contributed by atoms with Gasteiger partial charge in [0.2, 0.25) is 0 Å². The lowest BCUT2D eigenvalue weighted by Crippen LogP contribution is -2.24. The normalized spacial score (nSPS) is 12.8. The molecule has 0 fully saturated rings. The van der Waals surface area contributed by atoms with E-state index in [0.717, 1.165) is 66.7 Å². The van der Waals surface area contributed by atoms with Crippen LogP contribution in [0, 0.1) is 0 Å². The van der Waals surface area contributed by atoms with Gasteiger partial charge in [0.15, 0.2) is 5.52 Å². The van der Waals surface area contributed by atoms with Crippen LogP contribution in [0.4, 0.5) is 28.8 Å². The van der Waals surface area contributed by atoms with Crippen LogP contribution in [0.3, 0.4) is 0 Å². The SMILES string of the molecule is CN1c2ccccc2N(c2nc3c(-c4ccccc4)coc3o2)c2cc3c(-c4coc5ccccc45)cccc3cc21. The monoisotopic (exact) mass is 545 g/mol. The molecule has 6 heteroatoms. The van der Waals surface area contributed by atoms with Crippen molar-refractivity contribution in [3.63, 3.8) is 0 Å². The summed E-state index contributed by atoms with van der Waals surface area (Å²) in [4.78, 5) is 9.34. The van der Waals surface area contributed by atoms with Crippen molar-refractivity contribution >= 4 is 61.8 Å². The van der Waals surface area contributed by atoms with Crippen molar-refractivity contribution in [2.24, 2.45) is 0 Å². The molecule has 0 bridgehead atoms. The number of anilines is 5. The van der Waals surface area contributed by atoms with E-state index in [4.69, 9.17) is 18.2 Å². The Kier molecular flexibility index (Phi) is 4.72. The lowest BCUT2D eigenvalue weighted by atomic mass is 9.95. The van der Waals surface area contributed by atoms with Gasteiger partial charge in [-0.25, -0.2) is 0 Å². The summed E-state index contributed by atoms with van der Waals surface area (Å²) in [7, 11) is 2.10. The average Bonchev–Trinajstić information content (AvgIpc) is 3.76. The molecule has 8 aromatic rings. The molecular formula is C36H23N3O3. The molecule has 4 heterocycles. The van der Waals surface area contributed by atoms with Gasteiger partial charge in [-0.2, -0.15) is 4.98 Å². The number of rotatable bonds is 3. The molecule has 0 amide bonds. The summed E-state index contributed by atoms with van der Waals surface area (Å²) >= 11 is 0. The van der Waals surface area contributed by atoms with Gasteiger partial charge in [0.1, 0.15) is 11.8 Å². The summed E-state index contributed by atoms with van der Waals surface area (Å²) in [5.74, 6) is 0.396. The van der Waals surface area contributed by atoms with Crippen LogP contribution in [-0.4, -0.2) is 12.0 Å². The second-order valence-electron chi connectivity index (χ2n) is 10.5. The third-order valence-corrected chi connectivity index (χ3v) is 8.23. The van der Waals surface area contributed by atoms with Gasteiger partial charge in [0.05, 0.1) is 34.6 Å². The Morgan fingerprint density at radius 1 is 0.595 bits per heavy atom. The van der Waals surface area contributed by atoms with Crippen molar-refractivity contribution in [1.82, 2.24) is 4.98 Å². The molecule has 9 rings (SSSR count). The molecule has 1 aliphatic heterocycles. The van der Waals surface area contributed by atoms with E-state index in [0.29, 0.717) is 17.3 Å². The number of oxazole rings is 1. The minimum atomic E-state index is 0.396. The van der Waals surface area contributed by atoms with Crippen molar-refractivity contribution < 1.29 is 13.3 Å². The number of furan rings is 2. The third kappa shape index (κ3) is 3.23. The number of hydrogen-bond acceptors (Lipinski definition) is 6. The first kappa shape index (κ1) is 23.0. The van der Waals surface area contributed by atoms with Crippen molar-refractivity contribution in [3.8, 4) is 22.3 Å². The van der Waals surface area contributed by atoms with Crippen molar-refractivity contribution in [2.45, 2.75) is 0 Å². The smallest absolute Gasteiger partial charge is 0.320 e. The molecule has 0 saturated carbocycles. The van der Waals surface area contributed by atoms with E-state index < -0.39 is 0 Å². The van der Waals surface area contributed by atoms with E-state index in [1.807, 2.05) is 60.9 Å². The largest absolute Gasteiger partial charge is 0.464 e. The predicted molar refractivity (Wildman–Crippen MR) is 167 cm³/mol. The summed E-state index contributed by atoms with van der Waals surface area (Å²) in [5.41, 5.74) is 9.71. The summed E-state index contributed by atoms with van der Waals surface area (Å²) in [6.45, 7) is 0. The Morgan fingerprint density at radius 3 is 2.29 bits per heavy atom. The van der Waals surface area contributed by atoms with E-state index in [1.54, 1.807) is 6.26 Å². The Morgan fingerprint density at radius 2 is 1.38 bits per heavy atom. The predicted octanol–water partition coefficient (Wildman–Crippen LogP) is 10.2. The lowest BCUT2D eigenvalue weighted by Gasteiger charge is -2.36. The maximum Gasteiger partial charge on any atom is 0.320 e. The summed E-state index contributed by atoms with van der Waals surface area (Å²) in [6.07, 6.45) is 3.56. The highest BCUT2D eigenvalue weighted by atomic mass is 16.5. The standard InChI is InChI=1S/C36H23N3O3/c1-38-29-15-6-7-16-30(29)39(36-37-34-27(20-41-35(34)42-36)22-10-3-2-4-11-22)32-19-26-23(18-31(32)38)12-9-14-24(26)28-21-40-33-17-8-5-13-25(28)33/h2-21H,1H3. The van der Waals surface area contributed by atoms with Gasteiger partial charge in [0, 0.05) is 18.0 Å². The molecule has 0 radical (unpaired) electrons. The molecule has 0 spiro atoms. The highest BCUT2D eigenvalue weighted by molar-refractivity contribution is 6.09. The minimum Gasteiger partial charge on any atom is -0.464 e. The van der Waals surface area contributed by atoms with Crippen LogP contribution in [0.15, 0.2) is 135 Å². The van der Waals surface area contributed by atoms with E-state index in [-0.39, 0.29) is 0 Å². The number of hydrogen-bond donors (Lipinski definition) is 0. The molecule has 5 aromatic carbocycles. The van der Waals surface area contributed by atoms with Crippen LogP contribution in [0.2, 0.25) is 0 Å². The summed E-state index contributed by atoms with van der Waals surface area (Å²) < 4.78 is 18.2. The molecule has 42 heavy (non-hydrogen) atoms. The van der Waals surface area contributed by atoms with E-state index in [9.17, 15) is 0 Å². The van der Waals surface area contributed by atoms with E-state index >= 15 is 0 Å². The molecular weight excluding hydrogens is 522 g/mol. The van der Waals surface area contributed by atoms with Gasteiger partial charge >= 0.3 is 11.8 Å². The highest BCUT2D eigenvalue weighted by Crippen LogP contribution is 2.53. The van der Waals surface area contributed by atoms with Crippen LogP contribution in [0.25, 0.3) is 55.3 Å². The fourth-order valence-electron chi connectivity index (χ4n) is 6.21. The van der Waals surface area contributed by atoms with Gasteiger partial charge in [-0.15, -0.1) is 0 Å². The summed E-state index contributed by atoms with van der Waals surface area (Å²) in [6, 6.07) is 37.9. The molecule has 3 aromatic heterocycles. The molecule has 0 saturated heterocycles. The quantitative estimate of drug-likeness (QED) is 0.220. The van der Waals surface area contributed by atoms with Gasteiger partial charge < -0.3 is 18.2 Å². The van der Waals surface area contributed by atoms with Crippen LogP contribution in [-0.2, 0) is 0 Å². The Balaban J connectivity index is 1.29. The molecule has 0 atom stereocenters. The Bertz CT molecular complexity index is 2290. The van der Waals surface area contributed by atoms with Gasteiger partial charge in [-0.05, 0) is 52.2 Å². The Labute approximate surface area is 240 Å². The average molecular weight is 546 g/mol. The fourth-order valence-corrected chi connectivity index (χ4v) is 6.21. The highest BCUT2D eigenvalue weighted by Gasteiger charge is 2.32. The number of benzene rings is 5. The second kappa shape index (κ2) is 8.62. The fraction of sp³-hybridized carbons (Fsp3) is 0.0278. The maximum atomic E-state index is 6.35. The van der Waals surface area contributed by atoms with Crippen LogP contribution >= 0.6 is 0 Å². The molecule has 200 valence electrons. The van der Waals surface area contributed by atoms with E-state index in [1.165, 1.54) is 0 Å². The van der Waals surface area contributed by atoms with Crippen molar-refractivity contribution in [2.75, 3.05) is 16.8 Å². The minimum absolute atomic E-state index is 0.396. The number of para-hydroxylation sites is 3. The number of aromatic nitrogens is 1. The second-order valence-corrected chi connectivity index (χ2v) is 10.5. The van der Waals surface area contributed by atoms with Crippen molar-refractivity contribution in [1.29, 1.82) is 0 Å². The third-order valence-electron chi connectivity index (χ3n) is 8.23. The van der Waals surface area contributed by atoms with Crippen LogP contribution < -0.4 is 9.80 Å². The van der Waals surface area contributed by atoms with Crippen molar-refractivity contribution in [3.05, 3.63) is 122 Å². The maximum absolute atomic E-state index is 6.35. The first-order chi connectivity index (χ1) is 20.7. The lowest BCUT2D eigenvalue weighted by molar-refractivity contribution is 0.479. The van der Waals surface area contributed by atoms with Gasteiger partial charge in [0.25, 0.3) is 0 Å². The first-order valence-corrected chi connectivity index (χ1v) is 13.8. The van der Waals surface area contributed by atoms with E-state index in [2.05, 4.69) is 71.4 Å². The van der Waals surface area contributed by atoms with Crippen LogP contribution in [0.5, 0.6) is 0 Å². The van der Waals surface area contributed by atoms with Crippen LogP contribution in [0.1, 0.15) is 0 Å². The zero-order valence-electron chi connectivity index (χ0n) is 22.6. The molecule has 0 N–H and O–H groups in total. The Hall–Kier alpha value is -5.75. The zero-order chi connectivity index (χ0) is 27.8. The molecule has 0 aliphatic carbocycles. The number of fused-ring (bicyclic) bond motifs is 5. The first-order valence-electron chi connectivity index (χ1n) is 13.8. The molecule has 1 aliphatic rings.